The molecule has 1 aliphatic heterocycles. The van der Waals surface area contributed by atoms with E-state index in [4.69, 9.17) is 10.5 Å². The summed E-state index contributed by atoms with van der Waals surface area (Å²) >= 11 is 0. The van der Waals surface area contributed by atoms with E-state index in [0.29, 0.717) is 12.6 Å². The van der Waals surface area contributed by atoms with Crippen molar-refractivity contribution in [1.82, 2.24) is 4.90 Å². The molecule has 100 valence electrons. The first-order chi connectivity index (χ1) is 8.12. The van der Waals surface area contributed by atoms with Gasteiger partial charge in [-0.2, -0.15) is 0 Å². The van der Waals surface area contributed by atoms with Gasteiger partial charge in [-0.15, -0.1) is 0 Å². The number of nitrogens with zero attached hydrogens (tertiary/aromatic N) is 1. The molecule has 0 aromatic carbocycles. The minimum Gasteiger partial charge on any atom is -0.375 e. The lowest BCUT2D eigenvalue weighted by Gasteiger charge is -2.26. The van der Waals surface area contributed by atoms with Crippen LogP contribution in [0.15, 0.2) is 0 Å². The van der Waals surface area contributed by atoms with Crippen LogP contribution in [0, 0.1) is 5.92 Å². The molecular weight excluding hydrogens is 216 g/mol. The fraction of sp³-hybridized carbons (Fsp3) is 0.923. The molecule has 1 fully saturated rings. The molecule has 1 heterocycles. The summed E-state index contributed by atoms with van der Waals surface area (Å²) in [6, 6.07) is 0. The number of hydrogen-bond donors (Lipinski definition) is 1. The maximum absolute atomic E-state index is 12.2. The highest BCUT2D eigenvalue weighted by molar-refractivity contribution is 5.79. The monoisotopic (exact) mass is 242 g/mol. The van der Waals surface area contributed by atoms with Crippen molar-refractivity contribution in [1.29, 1.82) is 0 Å². The maximum Gasteiger partial charge on any atom is 0.227 e. The van der Waals surface area contributed by atoms with Crippen LogP contribution in [0.2, 0.25) is 0 Å². The fourth-order valence-corrected chi connectivity index (χ4v) is 2.47. The lowest BCUT2D eigenvalue weighted by molar-refractivity contribution is -0.136. The van der Waals surface area contributed by atoms with Crippen molar-refractivity contribution in [3.8, 4) is 0 Å². The molecule has 0 bridgehead atoms. The topological polar surface area (TPSA) is 55.6 Å². The van der Waals surface area contributed by atoms with Crippen LogP contribution in [0.25, 0.3) is 0 Å². The molecule has 1 saturated heterocycles. The molecular formula is C13H26N2O2. The molecule has 4 nitrogen and oxygen atoms in total. The van der Waals surface area contributed by atoms with Gasteiger partial charge in [-0.1, -0.05) is 0 Å². The second-order valence-electron chi connectivity index (χ2n) is 4.82. The van der Waals surface area contributed by atoms with Gasteiger partial charge in [-0.05, 0) is 40.0 Å². The molecule has 0 saturated carbocycles. The summed E-state index contributed by atoms with van der Waals surface area (Å²) in [5, 5.41) is 0. The molecule has 0 spiro atoms. The van der Waals surface area contributed by atoms with E-state index in [0.717, 1.165) is 32.4 Å². The fourth-order valence-electron chi connectivity index (χ4n) is 2.47. The Morgan fingerprint density at radius 2 is 2.06 bits per heavy atom. The minimum absolute atomic E-state index is 0.0785. The molecule has 3 unspecified atom stereocenters. The maximum atomic E-state index is 12.2. The molecule has 17 heavy (non-hydrogen) atoms. The van der Waals surface area contributed by atoms with Gasteiger partial charge in [0.15, 0.2) is 0 Å². The molecule has 0 aromatic rings. The Kier molecular flexibility index (Phi) is 5.92. The highest BCUT2D eigenvalue weighted by Gasteiger charge is 2.29. The van der Waals surface area contributed by atoms with Gasteiger partial charge < -0.3 is 15.4 Å². The Labute approximate surface area is 104 Å². The predicted molar refractivity (Wildman–Crippen MR) is 68.7 cm³/mol. The van der Waals surface area contributed by atoms with Gasteiger partial charge in [-0.3, -0.25) is 4.79 Å². The van der Waals surface area contributed by atoms with E-state index in [1.165, 1.54) is 0 Å². The Balaban J connectivity index is 2.49. The molecule has 0 radical (unpaired) electrons. The van der Waals surface area contributed by atoms with Gasteiger partial charge in [0, 0.05) is 19.6 Å². The molecule has 0 aromatic heterocycles. The summed E-state index contributed by atoms with van der Waals surface area (Å²) in [7, 11) is 0. The van der Waals surface area contributed by atoms with Crippen molar-refractivity contribution in [2.45, 2.75) is 52.2 Å². The van der Waals surface area contributed by atoms with E-state index < -0.39 is 0 Å². The lowest BCUT2D eigenvalue weighted by Crippen LogP contribution is -2.40. The summed E-state index contributed by atoms with van der Waals surface area (Å²) in [5.41, 5.74) is 5.73. The number of amides is 1. The average Bonchev–Trinajstić information content (AvgIpc) is 2.73. The molecule has 0 aliphatic carbocycles. The van der Waals surface area contributed by atoms with Gasteiger partial charge in [0.05, 0.1) is 18.1 Å². The van der Waals surface area contributed by atoms with E-state index in [1.807, 2.05) is 18.7 Å². The van der Waals surface area contributed by atoms with Crippen LogP contribution in [0.1, 0.15) is 40.0 Å². The summed E-state index contributed by atoms with van der Waals surface area (Å²) < 4.78 is 5.76. The summed E-state index contributed by atoms with van der Waals surface area (Å²) in [6.45, 7) is 8.03. The van der Waals surface area contributed by atoms with E-state index >= 15 is 0 Å². The van der Waals surface area contributed by atoms with Gasteiger partial charge >= 0.3 is 0 Å². The zero-order valence-electron chi connectivity index (χ0n) is 11.3. The molecule has 1 amide bonds. The number of nitrogens with two attached hydrogens (primary N) is 1. The molecule has 3 atom stereocenters. The molecule has 2 N–H and O–H groups in total. The van der Waals surface area contributed by atoms with Crippen molar-refractivity contribution >= 4 is 5.91 Å². The molecule has 1 aliphatic rings. The Hall–Kier alpha value is -0.610. The second-order valence-corrected chi connectivity index (χ2v) is 4.82. The highest BCUT2D eigenvalue weighted by atomic mass is 16.5. The second kappa shape index (κ2) is 6.97. The minimum atomic E-state index is -0.0785. The van der Waals surface area contributed by atoms with E-state index in [1.54, 1.807) is 0 Å². The predicted octanol–water partition coefficient (Wildman–Crippen LogP) is 1.39. The van der Waals surface area contributed by atoms with Crippen LogP contribution in [0.4, 0.5) is 0 Å². The third kappa shape index (κ3) is 3.96. The zero-order chi connectivity index (χ0) is 12.8. The number of ether oxygens (including phenoxy) is 1. The van der Waals surface area contributed by atoms with Crippen LogP contribution in [-0.4, -0.2) is 42.6 Å². The zero-order valence-corrected chi connectivity index (χ0v) is 11.3. The number of hydrogen-bond acceptors (Lipinski definition) is 3. The number of carbonyl (C=O) groups is 1. The number of carbonyl (C=O) groups excluding carboxylic acids is 1. The summed E-state index contributed by atoms with van der Waals surface area (Å²) in [6.07, 6.45) is 3.49. The summed E-state index contributed by atoms with van der Waals surface area (Å²) in [4.78, 5) is 14.1. The van der Waals surface area contributed by atoms with Gasteiger partial charge in [-0.25, -0.2) is 0 Å². The van der Waals surface area contributed by atoms with Crippen LogP contribution in [0.3, 0.4) is 0 Å². The van der Waals surface area contributed by atoms with Gasteiger partial charge in [0.1, 0.15) is 0 Å². The van der Waals surface area contributed by atoms with Crippen LogP contribution < -0.4 is 5.73 Å². The van der Waals surface area contributed by atoms with E-state index in [-0.39, 0.29) is 17.9 Å². The largest absolute Gasteiger partial charge is 0.375 e. The Bertz CT molecular complexity index is 242. The van der Waals surface area contributed by atoms with Crippen molar-refractivity contribution < 1.29 is 9.53 Å². The quantitative estimate of drug-likeness (QED) is 0.765. The normalized spacial score (nSPS) is 25.9. The first-order valence-corrected chi connectivity index (χ1v) is 6.76. The van der Waals surface area contributed by atoms with Crippen molar-refractivity contribution in [2.24, 2.45) is 11.7 Å². The average molecular weight is 242 g/mol. The smallest absolute Gasteiger partial charge is 0.227 e. The Morgan fingerprint density at radius 3 is 2.47 bits per heavy atom. The highest BCUT2D eigenvalue weighted by Crippen LogP contribution is 2.25. The van der Waals surface area contributed by atoms with Gasteiger partial charge in [0.2, 0.25) is 5.91 Å². The number of rotatable bonds is 6. The van der Waals surface area contributed by atoms with E-state index in [2.05, 4.69) is 6.92 Å². The first-order valence-electron chi connectivity index (χ1n) is 6.76. The third-order valence-corrected chi connectivity index (χ3v) is 3.58. The van der Waals surface area contributed by atoms with E-state index in [9.17, 15) is 4.79 Å². The van der Waals surface area contributed by atoms with Crippen LogP contribution in [-0.2, 0) is 9.53 Å². The summed E-state index contributed by atoms with van der Waals surface area (Å²) in [5.74, 6) is 0.103. The standard InChI is InChI=1S/C13H26N2O2/c1-4-15(5-2)13(16)11(9-14)8-12-7-6-10(3)17-12/h10-12H,4-9,14H2,1-3H3. The Morgan fingerprint density at radius 1 is 1.41 bits per heavy atom. The van der Waals surface area contributed by atoms with Crippen molar-refractivity contribution in [3.05, 3.63) is 0 Å². The van der Waals surface area contributed by atoms with Crippen LogP contribution in [0.5, 0.6) is 0 Å². The molecule has 1 rings (SSSR count). The lowest BCUT2D eigenvalue weighted by atomic mass is 9.98. The van der Waals surface area contributed by atoms with Crippen molar-refractivity contribution in [3.63, 3.8) is 0 Å². The van der Waals surface area contributed by atoms with Gasteiger partial charge in [0.25, 0.3) is 0 Å². The SMILES string of the molecule is CCN(CC)C(=O)C(CN)CC1CCC(C)O1. The third-order valence-electron chi connectivity index (χ3n) is 3.58. The van der Waals surface area contributed by atoms with Crippen LogP contribution >= 0.6 is 0 Å². The first kappa shape index (κ1) is 14.5. The molecule has 4 heteroatoms. The van der Waals surface area contributed by atoms with Crippen molar-refractivity contribution in [2.75, 3.05) is 19.6 Å².